The Balaban J connectivity index is 1.94. The molecule has 1 aliphatic rings. The van der Waals surface area contributed by atoms with E-state index < -0.39 is 0 Å². The van der Waals surface area contributed by atoms with Crippen molar-refractivity contribution in [3.63, 3.8) is 0 Å². The highest BCUT2D eigenvalue weighted by molar-refractivity contribution is 7.12. The van der Waals surface area contributed by atoms with Crippen LogP contribution in [-0.4, -0.2) is 55.2 Å². The lowest BCUT2D eigenvalue weighted by Gasteiger charge is -2.25. The first-order valence-corrected chi connectivity index (χ1v) is 9.69. The van der Waals surface area contributed by atoms with Crippen molar-refractivity contribution in [3.05, 3.63) is 46.2 Å². The van der Waals surface area contributed by atoms with Crippen molar-refractivity contribution in [3.8, 4) is 11.5 Å². The maximum absolute atomic E-state index is 12.9. The summed E-state index contributed by atoms with van der Waals surface area (Å²) in [5, 5.41) is 8.06. The monoisotopic (exact) mass is 401 g/mol. The van der Waals surface area contributed by atoms with Gasteiger partial charge in [-0.1, -0.05) is 12.1 Å². The number of likely N-dealkylation sites (N-methyl/N-ethyl adjacent to an activating group) is 1. The number of amides is 2. The van der Waals surface area contributed by atoms with Crippen molar-refractivity contribution >= 4 is 28.9 Å². The quantitative estimate of drug-likeness (QED) is 0.746. The molecule has 2 heterocycles. The van der Waals surface area contributed by atoms with E-state index in [1.807, 2.05) is 35.7 Å². The Kier molecular flexibility index (Phi) is 5.99. The second-order valence-electron chi connectivity index (χ2n) is 6.47. The van der Waals surface area contributed by atoms with Gasteiger partial charge in [-0.05, 0) is 29.1 Å². The van der Waals surface area contributed by atoms with Gasteiger partial charge in [0.25, 0.3) is 5.91 Å². The molecule has 0 aliphatic carbocycles. The predicted octanol–water partition coefficient (Wildman–Crippen LogP) is 2.92. The van der Waals surface area contributed by atoms with Gasteiger partial charge in [-0.2, -0.15) is 5.10 Å². The smallest absolute Gasteiger partial charge is 0.262 e. The molecule has 3 rings (SSSR count). The third-order valence-corrected chi connectivity index (χ3v) is 5.59. The third kappa shape index (κ3) is 4.01. The average Bonchev–Trinajstić information content (AvgIpc) is 3.36. The summed E-state index contributed by atoms with van der Waals surface area (Å²) in [5.74, 6) is 0.817. The fourth-order valence-electron chi connectivity index (χ4n) is 3.04. The predicted molar refractivity (Wildman–Crippen MR) is 108 cm³/mol. The summed E-state index contributed by atoms with van der Waals surface area (Å²) in [6.07, 6.45) is 0.589. The Labute approximate surface area is 168 Å². The van der Waals surface area contributed by atoms with Gasteiger partial charge in [0, 0.05) is 20.4 Å². The van der Waals surface area contributed by atoms with Gasteiger partial charge in [0.1, 0.15) is 6.54 Å². The molecule has 1 atom stereocenters. The first kappa shape index (κ1) is 19.9. The SMILES string of the molecule is COc1ccc([C@H]2CC(c3cccs3)=NN2C(=O)CN(C)C(C)=O)cc1OC. The standard InChI is InChI=1S/C20H23N3O4S/c1-13(24)22(2)12-20(25)23-16(11-15(21-23)19-6-5-9-28-19)14-7-8-17(26-3)18(10-14)27-4/h5-10,16H,11-12H2,1-4H3/t16-/m1/s1. The number of methoxy groups -OCH3 is 2. The molecule has 0 fully saturated rings. The van der Waals surface area contributed by atoms with Gasteiger partial charge in [-0.25, -0.2) is 5.01 Å². The molecule has 0 saturated carbocycles. The molecule has 0 bridgehead atoms. The first-order valence-electron chi connectivity index (χ1n) is 8.81. The molecule has 28 heavy (non-hydrogen) atoms. The summed E-state index contributed by atoms with van der Waals surface area (Å²) < 4.78 is 10.7. The third-order valence-electron chi connectivity index (χ3n) is 4.67. The molecule has 2 aromatic rings. The molecular weight excluding hydrogens is 378 g/mol. The van der Waals surface area contributed by atoms with Gasteiger partial charge in [-0.15, -0.1) is 11.3 Å². The highest BCUT2D eigenvalue weighted by Gasteiger charge is 2.34. The first-order chi connectivity index (χ1) is 13.4. The van der Waals surface area contributed by atoms with Crippen LogP contribution < -0.4 is 9.47 Å². The largest absolute Gasteiger partial charge is 0.493 e. The van der Waals surface area contributed by atoms with Crippen molar-refractivity contribution in [1.82, 2.24) is 9.91 Å². The number of carbonyl (C=O) groups is 2. The van der Waals surface area contributed by atoms with Crippen molar-refractivity contribution in [1.29, 1.82) is 0 Å². The Morgan fingerprint density at radius 1 is 1.25 bits per heavy atom. The summed E-state index contributed by atoms with van der Waals surface area (Å²) in [5.41, 5.74) is 1.75. The number of carbonyl (C=O) groups excluding carboxylic acids is 2. The van der Waals surface area contributed by atoms with E-state index in [1.54, 1.807) is 32.6 Å². The number of thiophene rings is 1. The zero-order chi connectivity index (χ0) is 20.3. The highest BCUT2D eigenvalue weighted by Crippen LogP contribution is 2.37. The Morgan fingerprint density at radius 3 is 2.61 bits per heavy atom. The number of hydrogen-bond donors (Lipinski definition) is 0. The van der Waals surface area contributed by atoms with Gasteiger partial charge in [0.05, 0.1) is 30.9 Å². The van der Waals surface area contributed by atoms with Crippen LogP contribution in [0.4, 0.5) is 0 Å². The van der Waals surface area contributed by atoms with Gasteiger partial charge >= 0.3 is 0 Å². The molecule has 7 nitrogen and oxygen atoms in total. The van der Waals surface area contributed by atoms with Crippen LogP contribution in [0.15, 0.2) is 40.8 Å². The second kappa shape index (κ2) is 8.43. The molecular formula is C20H23N3O4S. The number of nitrogens with zero attached hydrogens (tertiary/aromatic N) is 3. The van der Waals surface area contributed by atoms with Crippen LogP contribution in [0.2, 0.25) is 0 Å². The van der Waals surface area contributed by atoms with E-state index in [-0.39, 0.29) is 24.4 Å². The van der Waals surface area contributed by atoms with E-state index in [9.17, 15) is 9.59 Å². The Bertz CT molecular complexity index is 895. The summed E-state index contributed by atoms with van der Waals surface area (Å²) in [6, 6.07) is 9.28. The van der Waals surface area contributed by atoms with E-state index >= 15 is 0 Å². The Morgan fingerprint density at radius 2 is 2.00 bits per heavy atom. The molecule has 8 heteroatoms. The number of hydrogen-bond acceptors (Lipinski definition) is 6. The minimum absolute atomic E-state index is 0.0274. The molecule has 0 spiro atoms. The fourth-order valence-corrected chi connectivity index (χ4v) is 3.76. The minimum Gasteiger partial charge on any atom is -0.493 e. The normalized spacial score (nSPS) is 15.9. The van der Waals surface area contributed by atoms with Gasteiger partial charge in [0.2, 0.25) is 5.91 Å². The van der Waals surface area contributed by atoms with Gasteiger partial charge in [-0.3, -0.25) is 9.59 Å². The summed E-state index contributed by atoms with van der Waals surface area (Å²) in [7, 11) is 4.76. The Hall–Kier alpha value is -2.87. The maximum Gasteiger partial charge on any atom is 0.262 e. The number of rotatable bonds is 6. The van der Waals surface area contributed by atoms with Crippen LogP contribution in [0.25, 0.3) is 0 Å². The van der Waals surface area contributed by atoms with Crippen molar-refractivity contribution in [2.45, 2.75) is 19.4 Å². The van der Waals surface area contributed by atoms with Crippen LogP contribution in [0.3, 0.4) is 0 Å². The molecule has 2 amide bonds. The molecule has 1 aromatic heterocycles. The average molecular weight is 401 g/mol. The van der Waals surface area contributed by atoms with Crippen LogP contribution >= 0.6 is 11.3 Å². The molecule has 1 aliphatic heterocycles. The van der Waals surface area contributed by atoms with Crippen LogP contribution in [0.1, 0.15) is 29.8 Å². The maximum atomic E-state index is 12.9. The highest BCUT2D eigenvalue weighted by atomic mass is 32.1. The van der Waals surface area contributed by atoms with Crippen molar-refractivity contribution in [2.75, 3.05) is 27.8 Å². The van der Waals surface area contributed by atoms with Crippen LogP contribution in [0.5, 0.6) is 11.5 Å². The van der Waals surface area contributed by atoms with Gasteiger partial charge < -0.3 is 14.4 Å². The summed E-state index contributed by atoms with van der Waals surface area (Å²) in [6.45, 7) is 1.41. The molecule has 0 radical (unpaired) electrons. The molecule has 0 unspecified atom stereocenters. The van der Waals surface area contributed by atoms with E-state index in [0.717, 1.165) is 16.2 Å². The lowest BCUT2D eigenvalue weighted by Crippen LogP contribution is -2.38. The van der Waals surface area contributed by atoms with E-state index in [1.165, 1.54) is 16.8 Å². The van der Waals surface area contributed by atoms with E-state index in [4.69, 9.17) is 9.47 Å². The fraction of sp³-hybridized carbons (Fsp3) is 0.350. The summed E-state index contributed by atoms with van der Waals surface area (Å²) >= 11 is 1.59. The zero-order valence-corrected chi connectivity index (χ0v) is 17.2. The molecule has 0 N–H and O–H groups in total. The number of ether oxygens (including phenoxy) is 2. The van der Waals surface area contributed by atoms with Crippen LogP contribution in [0, 0.1) is 0 Å². The van der Waals surface area contributed by atoms with Crippen LogP contribution in [-0.2, 0) is 9.59 Å². The lowest BCUT2D eigenvalue weighted by atomic mass is 10.0. The van der Waals surface area contributed by atoms with Crippen molar-refractivity contribution in [2.24, 2.45) is 5.10 Å². The molecule has 0 saturated heterocycles. The van der Waals surface area contributed by atoms with Crippen molar-refractivity contribution < 1.29 is 19.1 Å². The second-order valence-corrected chi connectivity index (χ2v) is 7.42. The summed E-state index contributed by atoms with van der Waals surface area (Å²) in [4.78, 5) is 26.9. The lowest BCUT2D eigenvalue weighted by molar-refractivity contribution is -0.139. The van der Waals surface area contributed by atoms with E-state index in [2.05, 4.69) is 5.10 Å². The molecule has 148 valence electrons. The van der Waals surface area contributed by atoms with Gasteiger partial charge in [0.15, 0.2) is 11.5 Å². The topological polar surface area (TPSA) is 71.4 Å². The van der Waals surface area contributed by atoms with E-state index in [0.29, 0.717) is 17.9 Å². The molecule has 1 aromatic carbocycles. The zero-order valence-electron chi connectivity index (χ0n) is 16.3. The number of benzene rings is 1. The number of hydrazone groups is 1. The minimum atomic E-state index is -0.273.